The molecule has 178 valence electrons. The maximum Gasteiger partial charge on any atom is 0.416 e. The molecule has 1 aliphatic heterocycles. The van der Waals surface area contributed by atoms with Crippen molar-refractivity contribution in [3.05, 3.63) is 53.6 Å². The van der Waals surface area contributed by atoms with Gasteiger partial charge in [-0.1, -0.05) is 13.0 Å². The minimum Gasteiger partial charge on any atom is -0.371 e. The predicted octanol–water partition coefficient (Wildman–Crippen LogP) is 5.72. The number of piperidine rings is 1. The molecule has 1 aliphatic rings. The number of amides is 3. The van der Waals surface area contributed by atoms with E-state index in [4.69, 9.17) is 0 Å². The van der Waals surface area contributed by atoms with Crippen LogP contribution in [0, 0.1) is 5.92 Å². The molecule has 0 bridgehead atoms. The summed E-state index contributed by atoms with van der Waals surface area (Å²) in [5.41, 5.74) is 0.758. The van der Waals surface area contributed by atoms with Gasteiger partial charge in [0.25, 0.3) is 5.91 Å². The number of nitrogens with zero attached hydrogens (tertiary/aromatic N) is 1. The SMILES string of the molecule is CC1CCN(c2ccc(NC(=O)Nc3cccc(C(F)(F)F)c3)cc2C(=O)NC(C)C)CC1. The molecule has 1 heterocycles. The fourth-order valence-electron chi connectivity index (χ4n) is 3.73. The molecule has 0 aromatic heterocycles. The Morgan fingerprint density at radius 3 is 2.24 bits per heavy atom. The lowest BCUT2D eigenvalue weighted by Gasteiger charge is -2.33. The number of nitrogens with one attached hydrogen (secondary N) is 3. The predicted molar refractivity (Wildman–Crippen MR) is 124 cm³/mol. The molecular weight excluding hydrogens is 433 g/mol. The molecule has 33 heavy (non-hydrogen) atoms. The maximum absolute atomic E-state index is 12.9. The van der Waals surface area contributed by atoms with Crippen molar-refractivity contribution < 1.29 is 22.8 Å². The van der Waals surface area contributed by atoms with Gasteiger partial charge in [0.15, 0.2) is 0 Å². The topological polar surface area (TPSA) is 73.5 Å². The summed E-state index contributed by atoms with van der Waals surface area (Å²) < 4.78 is 38.7. The Balaban J connectivity index is 1.79. The van der Waals surface area contributed by atoms with Crippen LogP contribution in [0.5, 0.6) is 0 Å². The van der Waals surface area contributed by atoms with Crippen molar-refractivity contribution in [3.8, 4) is 0 Å². The van der Waals surface area contributed by atoms with Crippen LogP contribution < -0.4 is 20.9 Å². The van der Waals surface area contributed by atoms with E-state index in [2.05, 4.69) is 27.8 Å². The number of benzene rings is 2. The summed E-state index contributed by atoms with van der Waals surface area (Å²) in [6, 6.07) is 8.70. The van der Waals surface area contributed by atoms with Crippen molar-refractivity contribution >= 4 is 29.0 Å². The first kappa shape index (κ1) is 24.4. The zero-order valence-electron chi connectivity index (χ0n) is 18.9. The highest BCUT2D eigenvalue weighted by molar-refractivity contribution is 6.04. The van der Waals surface area contributed by atoms with Crippen LogP contribution in [0.3, 0.4) is 0 Å². The van der Waals surface area contributed by atoms with Gasteiger partial charge >= 0.3 is 12.2 Å². The summed E-state index contributed by atoms with van der Waals surface area (Å²) in [5.74, 6) is 0.384. The average molecular weight is 463 g/mol. The van der Waals surface area contributed by atoms with Crippen LogP contribution >= 0.6 is 0 Å². The van der Waals surface area contributed by atoms with Crippen LogP contribution in [0.1, 0.15) is 49.5 Å². The molecule has 1 saturated heterocycles. The highest BCUT2D eigenvalue weighted by Crippen LogP contribution is 2.31. The number of carbonyl (C=O) groups excluding carboxylic acids is 2. The lowest BCUT2D eigenvalue weighted by Crippen LogP contribution is -2.36. The van der Waals surface area contributed by atoms with Crippen LogP contribution in [0.2, 0.25) is 0 Å². The number of anilines is 3. The number of alkyl halides is 3. The third-order valence-corrected chi connectivity index (χ3v) is 5.49. The normalized spacial score (nSPS) is 14.8. The third-order valence-electron chi connectivity index (χ3n) is 5.49. The molecule has 6 nitrogen and oxygen atoms in total. The van der Waals surface area contributed by atoms with Gasteiger partial charge in [0.2, 0.25) is 0 Å². The molecular formula is C24H29F3N4O2. The molecule has 0 radical (unpaired) electrons. The molecule has 0 unspecified atom stereocenters. The Bertz CT molecular complexity index is 999. The van der Waals surface area contributed by atoms with Gasteiger partial charge in [-0.05, 0) is 69.0 Å². The van der Waals surface area contributed by atoms with Crippen molar-refractivity contribution in [2.24, 2.45) is 5.92 Å². The first-order valence-corrected chi connectivity index (χ1v) is 11.0. The number of hydrogen-bond donors (Lipinski definition) is 3. The van der Waals surface area contributed by atoms with Gasteiger partial charge in [-0.2, -0.15) is 13.2 Å². The van der Waals surface area contributed by atoms with Crippen molar-refractivity contribution in [2.45, 2.75) is 45.8 Å². The zero-order valence-corrected chi connectivity index (χ0v) is 18.9. The fraction of sp³-hybridized carbons (Fsp3) is 0.417. The standard InChI is InChI=1S/C24H29F3N4O2/c1-15(2)28-22(32)20-14-19(7-8-21(20)31-11-9-16(3)10-12-31)30-23(33)29-18-6-4-5-17(13-18)24(25,26)27/h4-8,13-16H,9-12H2,1-3H3,(H,28,32)(H2,29,30,33). The lowest BCUT2D eigenvalue weighted by atomic mass is 9.97. The molecule has 3 rings (SSSR count). The van der Waals surface area contributed by atoms with E-state index in [1.165, 1.54) is 12.1 Å². The van der Waals surface area contributed by atoms with Crippen molar-refractivity contribution in [1.82, 2.24) is 5.32 Å². The van der Waals surface area contributed by atoms with E-state index in [1.54, 1.807) is 18.2 Å². The Morgan fingerprint density at radius 2 is 1.64 bits per heavy atom. The van der Waals surface area contributed by atoms with Gasteiger partial charge < -0.3 is 20.9 Å². The highest BCUT2D eigenvalue weighted by atomic mass is 19.4. The van der Waals surface area contributed by atoms with Crippen LogP contribution in [0.4, 0.5) is 35.0 Å². The zero-order chi connectivity index (χ0) is 24.2. The van der Waals surface area contributed by atoms with E-state index in [0.717, 1.165) is 43.8 Å². The minimum atomic E-state index is -4.51. The number of halogens is 3. The molecule has 0 spiro atoms. The van der Waals surface area contributed by atoms with Crippen LogP contribution in [0.15, 0.2) is 42.5 Å². The number of hydrogen-bond acceptors (Lipinski definition) is 3. The summed E-state index contributed by atoms with van der Waals surface area (Å²) in [5, 5.41) is 7.90. The maximum atomic E-state index is 12.9. The Labute approximate surface area is 191 Å². The van der Waals surface area contributed by atoms with E-state index in [-0.39, 0.29) is 17.6 Å². The van der Waals surface area contributed by atoms with E-state index < -0.39 is 17.8 Å². The van der Waals surface area contributed by atoms with E-state index in [9.17, 15) is 22.8 Å². The van der Waals surface area contributed by atoms with Crippen molar-refractivity contribution in [1.29, 1.82) is 0 Å². The monoisotopic (exact) mass is 462 g/mol. The summed E-state index contributed by atoms with van der Waals surface area (Å²) in [6.07, 6.45) is -2.44. The van der Waals surface area contributed by atoms with Gasteiger partial charge in [-0.25, -0.2) is 4.79 Å². The third kappa shape index (κ3) is 6.63. The first-order chi connectivity index (χ1) is 15.5. The van der Waals surface area contributed by atoms with Gasteiger partial charge in [-0.15, -0.1) is 0 Å². The van der Waals surface area contributed by atoms with Gasteiger partial charge in [0.1, 0.15) is 0 Å². The molecule has 3 amide bonds. The Hall–Kier alpha value is -3.23. The Kier molecular flexibility index (Phi) is 7.50. The minimum absolute atomic E-state index is 0.0131. The quantitative estimate of drug-likeness (QED) is 0.532. The summed E-state index contributed by atoms with van der Waals surface area (Å²) >= 11 is 0. The van der Waals surface area contributed by atoms with Crippen LogP contribution in [0.25, 0.3) is 0 Å². The number of carbonyl (C=O) groups is 2. The molecule has 0 aliphatic carbocycles. The van der Waals surface area contributed by atoms with Crippen LogP contribution in [-0.2, 0) is 6.18 Å². The highest BCUT2D eigenvalue weighted by Gasteiger charge is 2.30. The van der Waals surface area contributed by atoms with Crippen molar-refractivity contribution in [2.75, 3.05) is 28.6 Å². The van der Waals surface area contributed by atoms with Crippen molar-refractivity contribution in [3.63, 3.8) is 0 Å². The van der Waals surface area contributed by atoms with Crippen LogP contribution in [-0.4, -0.2) is 31.1 Å². The molecule has 1 fully saturated rings. The largest absolute Gasteiger partial charge is 0.416 e. The first-order valence-electron chi connectivity index (χ1n) is 11.0. The van der Waals surface area contributed by atoms with E-state index in [1.807, 2.05) is 13.8 Å². The molecule has 3 N–H and O–H groups in total. The summed E-state index contributed by atoms with van der Waals surface area (Å²) in [4.78, 5) is 27.4. The average Bonchev–Trinajstić information content (AvgIpc) is 2.73. The second kappa shape index (κ2) is 10.1. The lowest BCUT2D eigenvalue weighted by molar-refractivity contribution is -0.137. The number of rotatable bonds is 5. The molecule has 0 atom stereocenters. The summed E-state index contributed by atoms with van der Waals surface area (Å²) in [7, 11) is 0. The second-order valence-corrected chi connectivity index (χ2v) is 8.69. The number of urea groups is 1. The molecule has 2 aromatic carbocycles. The fourth-order valence-corrected chi connectivity index (χ4v) is 3.73. The van der Waals surface area contributed by atoms with Gasteiger partial charge in [-0.3, -0.25) is 4.79 Å². The summed E-state index contributed by atoms with van der Waals surface area (Å²) in [6.45, 7) is 7.62. The molecule has 9 heteroatoms. The van der Waals surface area contributed by atoms with Gasteiger partial charge in [0.05, 0.1) is 11.1 Å². The second-order valence-electron chi connectivity index (χ2n) is 8.69. The smallest absolute Gasteiger partial charge is 0.371 e. The van der Waals surface area contributed by atoms with E-state index >= 15 is 0 Å². The van der Waals surface area contributed by atoms with Gasteiger partial charge in [0, 0.05) is 36.2 Å². The Morgan fingerprint density at radius 1 is 1.00 bits per heavy atom. The van der Waals surface area contributed by atoms with E-state index in [0.29, 0.717) is 17.2 Å². The molecule has 2 aromatic rings. The molecule has 0 saturated carbocycles.